The molecule has 1 aromatic carbocycles. The summed E-state index contributed by atoms with van der Waals surface area (Å²) in [7, 11) is 1.46. The molecule has 1 aliphatic heterocycles. The van der Waals surface area contributed by atoms with Gasteiger partial charge in [-0.15, -0.1) is 0 Å². The van der Waals surface area contributed by atoms with Gasteiger partial charge in [0.2, 0.25) is 0 Å². The molecular formula is C13H18FNO2. The summed E-state index contributed by atoms with van der Waals surface area (Å²) in [6, 6.07) is 4.96. The minimum atomic E-state index is -0.350. The normalized spacial score (nSPS) is 23.4. The van der Waals surface area contributed by atoms with Crippen LogP contribution in [0.4, 0.5) is 4.39 Å². The molecule has 1 aliphatic rings. The first-order chi connectivity index (χ1) is 8.02. The lowest BCUT2D eigenvalue weighted by Crippen LogP contribution is -2.46. The first-order valence-corrected chi connectivity index (χ1v) is 5.74. The zero-order valence-electron chi connectivity index (χ0n) is 10.4. The van der Waals surface area contributed by atoms with Gasteiger partial charge in [0.25, 0.3) is 0 Å². The van der Waals surface area contributed by atoms with E-state index in [0.29, 0.717) is 6.54 Å². The molecule has 1 N–H and O–H groups in total. The summed E-state index contributed by atoms with van der Waals surface area (Å²) in [6.07, 6.45) is -0.112. The van der Waals surface area contributed by atoms with E-state index in [1.807, 2.05) is 19.9 Å². The van der Waals surface area contributed by atoms with Gasteiger partial charge in [0.05, 0.1) is 18.8 Å². The quantitative estimate of drug-likeness (QED) is 0.858. The molecule has 1 atom stereocenters. The molecule has 0 bridgehead atoms. The van der Waals surface area contributed by atoms with Gasteiger partial charge in [-0.3, -0.25) is 0 Å². The second kappa shape index (κ2) is 4.63. The third-order valence-corrected chi connectivity index (χ3v) is 2.89. The topological polar surface area (TPSA) is 30.5 Å². The third kappa shape index (κ3) is 2.76. The van der Waals surface area contributed by atoms with Gasteiger partial charge in [0, 0.05) is 13.1 Å². The van der Waals surface area contributed by atoms with Crippen LogP contribution >= 0.6 is 0 Å². The van der Waals surface area contributed by atoms with Crippen molar-refractivity contribution in [2.24, 2.45) is 0 Å². The molecule has 0 aliphatic carbocycles. The van der Waals surface area contributed by atoms with E-state index < -0.39 is 0 Å². The molecule has 0 amide bonds. The van der Waals surface area contributed by atoms with E-state index in [4.69, 9.17) is 9.47 Å². The molecule has 0 radical (unpaired) electrons. The highest BCUT2D eigenvalue weighted by atomic mass is 19.1. The molecule has 1 unspecified atom stereocenters. The number of nitrogens with one attached hydrogen (secondary N) is 1. The van der Waals surface area contributed by atoms with Crippen molar-refractivity contribution in [1.29, 1.82) is 0 Å². The number of morpholine rings is 1. The summed E-state index contributed by atoms with van der Waals surface area (Å²) < 4.78 is 24.4. The number of methoxy groups -OCH3 is 1. The van der Waals surface area contributed by atoms with E-state index >= 15 is 0 Å². The summed E-state index contributed by atoms with van der Waals surface area (Å²) in [5.74, 6) is -0.0891. The van der Waals surface area contributed by atoms with E-state index in [2.05, 4.69) is 5.32 Å². The van der Waals surface area contributed by atoms with Crippen LogP contribution in [0.15, 0.2) is 18.2 Å². The van der Waals surface area contributed by atoms with Crippen LogP contribution in [0.25, 0.3) is 0 Å². The van der Waals surface area contributed by atoms with Gasteiger partial charge in [-0.1, -0.05) is 6.07 Å². The highest BCUT2D eigenvalue weighted by molar-refractivity contribution is 5.31. The minimum absolute atomic E-state index is 0.112. The van der Waals surface area contributed by atoms with Crippen LogP contribution in [-0.2, 0) is 4.74 Å². The first kappa shape index (κ1) is 12.3. The maximum absolute atomic E-state index is 13.6. The number of hydrogen-bond donors (Lipinski definition) is 1. The molecule has 0 spiro atoms. The molecule has 94 valence electrons. The SMILES string of the molecule is COc1ccc(C2CNCC(C)(C)O2)cc1F. The lowest BCUT2D eigenvalue weighted by Gasteiger charge is -2.36. The fourth-order valence-electron chi connectivity index (χ4n) is 2.04. The van der Waals surface area contributed by atoms with Crippen LogP contribution in [0.2, 0.25) is 0 Å². The highest BCUT2D eigenvalue weighted by Crippen LogP contribution is 2.29. The van der Waals surface area contributed by atoms with Crippen LogP contribution in [-0.4, -0.2) is 25.8 Å². The number of rotatable bonds is 2. The Labute approximate surface area is 101 Å². The van der Waals surface area contributed by atoms with Crippen molar-refractivity contribution in [3.05, 3.63) is 29.6 Å². The van der Waals surface area contributed by atoms with E-state index in [1.54, 1.807) is 6.07 Å². The Morgan fingerprint density at radius 1 is 1.47 bits per heavy atom. The van der Waals surface area contributed by atoms with E-state index in [-0.39, 0.29) is 23.3 Å². The van der Waals surface area contributed by atoms with Gasteiger partial charge < -0.3 is 14.8 Å². The summed E-state index contributed by atoms with van der Waals surface area (Å²) >= 11 is 0. The Morgan fingerprint density at radius 3 is 2.82 bits per heavy atom. The average Bonchev–Trinajstić information content (AvgIpc) is 2.27. The lowest BCUT2D eigenvalue weighted by atomic mass is 10.0. The van der Waals surface area contributed by atoms with Crippen LogP contribution in [0, 0.1) is 5.82 Å². The molecule has 4 heteroatoms. The largest absolute Gasteiger partial charge is 0.494 e. The van der Waals surface area contributed by atoms with Crippen molar-refractivity contribution in [1.82, 2.24) is 5.32 Å². The molecule has 1 aromatic rings. The zero-order chi connectivity index (χ0) is 12.5. The first-order valence-electron chi connectivity index (χ1n) is 5.74. The maximum Gasteiger partial charge on any atom is 0.165 e. The van der Waals surface area contributed by atoms with Gasteiger partial charge in [-0.25, -0.2) is 4.39 Å². The van der Waals surface area contributed by atoms with Crippen molar-refractivity contribution < 1.29 is 13.9 Å². The number of halogens is 1. The smallest absolute Gasteiger partial charge is 0.165 e. The van der Waals surface area contributed by atoms with E-state index in [0.717, 1.165) is 12.1 Å². The van der Waals surface area contributed by atoms with E-state index in [9.17, 15) is 4.39 Å². The Hall–Kier alpha value is -1.13. The zero-order valence-corrected chi connectivity index (χ0v) is 10.4. The van der Waals surface area contributed by atoms with Gasteiger partial charge in [0.1, 0.15) is 0 Å². The molecule has 1 heterocycles. The molecule has 0 aromatic heterocycles. The molecule has 1 saturated heterocycles. The fourth-order valence-corrected chi connectivity index (χ4v) is 2.04. The van der Waals surface area contributed by atoms with Crippen molar-refractivity contribution in [2.45, 2.75) is 25.6 Å². The van der Waals surface area contributed by atoms with Gasteiger partial charge in [0.15, 0.2) is 11.6 Å². The van der Waals surface area contributed by atoms with E-state index in [1.165, 1.54) is 13.2 Å². The van der Waals surface area contributed by atoms with Gasteiger partial charge in [-0.05, 0) is 31.5 Å². The van der Waals surface area contributed by atoms with Crippen molar-refractivity contribution >= 4 is 0 Å². The Kier molecular flexibility index (Phi) is 3.35. The van der Waals surface area contributed by atoms with Crippen molar-refractivity contribution in [3.8, 4) is 5.75 Å². The molecule has 17 heavy (non-hydrogen) atoms. The monoisotopic (exact) mass is 239 g/mol. The maximum atomic E-state index is 13.6. The van der Waals surface area contributed by atoms with Crippen molar-refractivity contribution in [2.75, 3.05) is 20.2 Å². The van der Waals surface area contributed by atoms with Gasteiger partial charge >= 0.3 is 0 Å². The van der Waals surface area contributed by atoms with Gasteiger partial charge in [-0.2, -0.15) is 0 Å². The Morgan fingerprint density at radius 2 is 2.24 bits per heavy atom. The Bertz CT molecular complexity index is 406. The van der Waals surface area contributed by atoms with Crippen LogP contribution in [0.1, 0.15) is 25.5 Å². The summed E-state index contributed by atoms with van der Waals surface area (Å²) in [4.78, 5) is 0. The van der Waals surface area contributed by atoms with Crippen LogP contribution in [0.5, 0.6) is 5.75 Å². The number of ether oxygens (including phenoxy) is 2. The summed E-state index contributed by atoms with van der Waals surface area (Å²) in [5, 5.41) is 3.29. The summed E-state index contributed by atoms with van der Waals surface area (Å²) in [6.45, 7) is 5.55. The molecule has 2 rings (SSSR count). The standard InChI is InChI=1S/C13H18FNO2/c1-13(2)8-15-7-12(17-13)9-4-5-11(16-3)10(14)6-9/h4-6,12,15H,7-8H2,1-3H3. The predicted molar refractivity (Wildman–Crippen MR) is 63.7 cm³/mol. The third-order valence-electron chi connectivity index (χ3n) is 2.89. The number of hydrogen-bond acceptors (Lipinski definition) is 3. The lowest BCUT2D eigenvalue weighted by molar-refractivity contribution is -0.0959. The summed E-state index contributed by atoms with van der Waals surface area (Å²) in [5.41, 5.74) is 0.614. The Balaban J connectivity index is 2.19. The molecular weight excluding hydrogens is 221 g/mol. The second-order valence-corrected chi connectivity index (χ2v) is 4.89. The molecule has 3 nitrogen and oxygen atoms in total. The van der Waals surface area contributed by atoms with Crippen molar-refractivity contribution in [3.63, 3.8) is 0 Å². The second-order valence-electron chi connectivity index (χ2n) is 4.89. The minimum Gasteiger partial charge on any atom is -0.494 e. The molecule has 0 saturated carbocycles. The van der Waals surface area contributed by atoms with Crippen LogP contribution < -0.4 is 10.1 Å². The molecule has 1 fully saturated rings. The predicted octanol–water partition coefficient (Wildman–Crippen LogP) is 2.27. The van der Waals surface area contributed by atoms with Crippen LogP contribution in [0.3, 0.4) is 0 Å². The average molecular weight is 239 g/mol. The highest BCUT2D eigenvalue weighted by Gasteiger charge is 2.29. The number of benzene rings is 1. The fraction of sp³-hybridized carbons (Fsp3) is 0.538.